The Morgan fingerprint density at radius 1 is 1.10 bits per heavy atom. The predicted octanol–water partition coefficient (Wildman–Crippen LogP) is 4.18. The van der Waals surface area contributed by atoms with Crippen LogP contribution in [0.25, 0.3) is 0 Å². The van der Waals surface area contributed by atoms with Crippen molar-refractivity contribution in [2.75, 3.05) is 6.54 Å². The van der Waals surface area contributed by atoms with Crippen LogP contribution in [-0.2, 0) is 6.42 Å². The van der Waals surface area contributed by atoms with Crippen LogP contribution in [0.3, 0.4) is 0 Å². The number of likely N-dealkylation sites (tertiary alicyclic amines) is 1. The molecule has 2 aliphatic rings. The van der Waals surface area contributed by atoms with Crippen LogP contribution < -0.4 is 0 Å². The van der Waals surface area contributed by atoms with E-state index in [2.05, 4.69) is 0 Å². The lowest BCUT2D eigenvalue weighted by Gasteiger charge is -2.42. The molecule has 4 heteroatoms. The zero-order valence-corrected chi connectivity index (χ0v) is 11.5. The number of piperidine rings is 1. The van der Waals surface area contributed by atoms with Crippen molar-refractivity contribution >= 4 is 0 Å². The largest absolute Gasteiger partial charge is 0.406 e. The summed E-state index contributed by atoms with van der Waals surface area (Å²) in [5.41, 5.74) is -0.366. The molecule has 0 radical (unpaired) electrons. The molecular formula is C16H20F3N. The third kappa shape index (κ3) is 2.46. The molecule has 1 aliphatic heterocycles. The van der Waals surface area contributed by atoms with Gasteiger partial charge in [-0.25, -0.2) is 0 Å². The van der Waals surface area contributed by atoms with E-state index in [0.717, 1.165) is 31.2 Å². The van der Waals surface area contributed by atoms with Crippen LogP contribution in [0, 0.1) is 0 Å². The first-order valence-electron chi connectivity index (χ1n) is 7.40. The summed E-state index contributed by atoms with van der Waals surface area (Å²) in [4.78, 5) is 1.77. The van der Waals surface area contributed by atoms with Gasteiger partial charge >= 0.3 is 6.18 Å². The molecule has 1 aromatic carbocycles. The van der Waals surface area contributed by atoms with E-state index in [1.807, 2.05) is 30.3 Å². The molecule has 1 nitrogen and oxygen atoms in total. The van der Waals surface area contributed by atoms with Crippen LogP contribution in [0.15, 0.2) is 30.3 Å². The maximum absolute atomic E-state index is 13.4. The van der Waals surface area contributed by atoms with Gasteiger partial charge in [0.1, 0.15) is 5.54 Å². The van der Waals surface area contributed by atoms with Crippen molar-refractivity contribution < 1.29 is 13.2 Å². The lowest BCUT2D eigenvalue weighted by molar-refractivity contribution is -0.205. The lowest BCUT2D eigenvalue weighted by atomic mass is 9.93. The van der Waals surface area contributed by atoms with Crippen molar-refractivity contribution in [2.24, 2.45) is 0 Å². The van der Waals surface area contributed by atoms with Crippen molar-refractivity contribution in [2.45, 2.75) is 56.3 Å². The third-order valence-electron chi connectivity index (χ3n) is 4.74. The van der Waals surface area contributed by atoms with E-state index in [9.17, 15) is 13.2 Å². The van der Waals surface area contributed by atoms with Gasteiger partial charge in [0.05, 0.1) is 0 Å². The number of alkyl halides is 3. The monoisotopic (exact) mass is 283 g/mol. The SMILES string of the molecule is FC(F)(F)C1(N2CCCCC2Cc2ccccc2)CC1. The Kier molecular flexibility index (Phi) is 3.53. The first-order valence-corrected chi connectivity index (χ1v) is 7.40. The summed E-state index contributed by atoms with van der Waals surface area (Å²) in [6.45, 7) is 0.594. The number of nitrogens with zero attached hydrogens (tertiary/aromatic N) is 1. The molecule has 1 saturated carbocycles. The molecule has 20 heavy (non-hydrogen) atoms. The summed E-state index contributed by atoms with van der Waals surface area (Å²) in [7, 11) is 0. The van der Waals surface area contributed by atoms with Gasteiger partial charge in [-0.05, 0) is 44.2 Å². The van der Waals surface area contributed by atoms with Crippen LogP contribution in [0.4, 0.5) is 13.2 Å². The molecule has 1 aromatic rings. The minimum absolute atomic E-state index is 0.0373. The molecule has 1 unspecified atom stereocenters. The number of hydrogen-bond acceptors (Lipinski definition) is 1. The second-order valence-electron chi connectivity index (χ2n) is 6.06. The molecule has 1 aliphatic carbocycles. The van der Waals surface area contributed by atoms with Crippen LogP contribution in [0.2, 0.25) is 0 Å². The van der Waals surface area contributed by atoms with Crippen molar-refractivity contribution in [3.05, 3.63) is 35.9 Å². The zero-order chi connectivity index (χ0) is 14.2. The van der Waals surface area contributed by atoms with Gasteiger partial charge in [0, 0.05) is 6.04 Å². The summed E-state index contributed by atoms with van der Waals surface area (Å²) in [6.07, 6.45) is 0.0271. The van der Waals surface area contributed by atoms with E-state index in [1.54, 1.807) is 4.90 Å². The second kappa shape index (κ2) is 5.06. The van der Waals surface area contributed by atoms with E-state index >= 15 is 0 Å². The zero-order valence-electron chi connectivity index (χ0n) is 11.5. The number of rotatable bonds is 3. The van der Waals surface area contributed by atoms with Gasteiger partial charge in [-0.3, -0.25) is 4.90 Å². The third-order valence-corrected chi connectivity index (χ3v) is 4.74. The molecule has 0 spiro atoms. The topological polar surface area (TPSA) is 3.24 Å². The summed E-state index contributed by atoms with van der Waals surface area (Å²) in [5.74, 6) is 0. The second-order valence-corrected chi connectivity index (χ2v) is 6.06. The van der Waals surface area contributed by atoms with E-state index in [-0.39, 0.29) is 18.9 Å². The quantitative estimate of drug-likeness (QED) is 0.804. The molecule has 110 valence electrons. The minimum Gasteiger partial charge on any atom is -0.286 e. The van der Waals surface area contributed by atoms with E-state index < -0.39 is 11.7 Å². The number of hydrogen-bond donors (Lipinski definition) is 0. The smallest absolute Gasteiger partial charge is 0.286 e. The molecule has 0 N–H and O–H groups in total. The number of benzene rings is 1. The summed E-state index contributed by atoms with van der Waals surface area (Å²) < 4.78 is 40.1. The average Bonchev–Trinajstić information content (AvgIpc) is 3.21. The molecular weight excluding hydrogens is 263 g/mol. The minimum atomic E-state index is -4.08. The standard InChI is InChI=1S/C16H20F3N/c17-16(18,19)15(9-10-15)20-11-5-4-8-14(20)12-13-6-2-1-3-7-13/h1-3,6-7,14H,4-5,8-12H2. The Morgan fingerprint density at radius 2 is 1.80 bits per heavy atom. The molecule has 1 saturated heterocycles. The Hall–Kier alpha value is -1.03. The molecule has 0 aromatic heterocycles. The Labute approximate surface area is 117 Å². The predicted molar refractivity (Wildman–Crippen MR) is 72.5 cm³/mol. The molecule has 2 fully saturated rings. The molecule has 1 atom stereocenters. The average molecular weight is 283 g/mol. The maximum Gasteiger partial charge on any atom is 0.406 e. The Balaban J connectivity index is 1.78. The van der Waals surface area contributed by atoms with Gasteiger partial charge in [-0.1, -0.05) is 36.8 Å². The number of halogens is 3. The highest BCUT2D eigenvalue weighted by Gasteiger charge is 2.67. The van der Waals surface area contributed by atoms with Crippen LogP contribution >= 0.6 is 0 Å². The fraction of sp³-hybridized carbons (Fsp3) is 0.625. The normalized spacial score (nSPS) is 26.4. The molecule has 0 amide bonds. The summed E-state index contributed by atoms with van der Waals surface area (Å²) in [5, 5.41) is 0. The van der Waals surface area contributed by atoms with Crippen molar-refractivity contribution in [1.82, 2.24) is 4.90 Å². The van der Waals surface area contributed by atoms with Crippen molar-refractivity contribution in [3.8, 4) is 0 Å². The molecule has 1 heterocycles. The maximum atomic E-state index is 13.4. The highest BCUT2D eigenvalue weighted by Crippen LogP contribution is 2.55. The van der Waals surface area contributed by atoms with Crippen LogP contribution in [0.5, 0.6) is 0 Å². The van der Waals surface area contributed by atoms with Crippen molar-refractivity contribution in [1.29, 1.82) is 0 Å². The molecule has 0 bridgehead atoms. The fourth-order valence-electron chi connectivity index (χ4n) is 3.51. The lowest BCUT2D eigenvalue weighted by Crippen LogP contribution is -2.55. The highest BCUT2D eigenvalue weighted by molar-refractivity contribution is 5.18. The van der Waals surface area contributed by atoms with E-state index in [0.29, 0.717) is 6.54 Å². The first-order chi connectivity index (χ1) is 9.53. The van der Waals surface area contributed by atoms with Gasteiger partial charge < -0.3 is 0 Å². The van der Waals surface area contributed by atoms with E-state index in [4.69, 9.17) is 0 Å². The van der Waals surface area contributed by atoms with Gasteiger partial charge in [0.15, 0.2) is 0 Å². The van der Waals surface area contributed by atoms with E-state index in [1.165, 1.54) is 0 Å². The van der Waals surface area contributed by atoms with Gasteiger partial charge in [0.25, 0.3) is 0 Å². The van der Waals surface area contributed by atoms with Gasteiger partial charge in [-0.15, -0.1) is 0 Å². The van der Waals surface area contributed by atoms with Crippen molar-refractivity contribution in [3.63, 3.8) is 0 Å². The first kappa shape index (κ1) is 13.9. The highest BCUT2D eigenvalue weighted by atomic mass is 19.4. The van der Waals surface area contributed by atoms with Gasteiger partial charge in [0.2, 0.25) is 0 Å². The Morgan fingerprint density at radius 3 is 2.40 bits per heavy atom. The van der Waals surface area contributed by atoms with Gasteiger partial charge in [-0.2, -0.15) is 13.2 Å². The summed E-state index contributed by atoms with van der Waals surface area (Å²) >= 11 is 0. The van der Waals surface area contributed by atoms with Crippen LogP contribution in [-0.4, -0.2) is 29.2 Å². The summed E-state index contributed by atoms with van der Waals surface area (Å²) in [6, 6.07) is 9.92. The Bertz CT molecular complexity index is 451. The van der Waals surface area contributed by atoms with Crippen LogP contribution in [0.1, 0.15) is 37.7 Å². The molecule has 3 rings (SSSR count). The fourth-order valence-corrected chi connectivity index (χ4v) is 3.51.